The number of rotatable bonds is 10. The molecule has 0 heterocycles. The molecule has 0 nitrogen and oxygen atoms in total. The van der Waals surface area contributed by atoms with Gasteiger partial charge in [-0.2, -0.15) is 0 Å². The van der Waals surface area contributed by atoms with Gasteiger partial charge in [0.2, 0.25) is 0 Å². The van der Waals surface area contributed by atoms with Gasteiger partial charge in [0, 0.05) is 11.1 Å². The Morgan fingerprint density at radius 2 is 1.06 bits per heavy atom. The summed E-state index contributed by atoms with van der Waals surface area (Å²) < 4.78 is 0. The molecule has 0 aliphatic heterocycles. The van der Waals surface area contributed by atoms with E-state index in [4.69, 9.17) is 0 Å². The smallest absolute Gasteiger partial charge is 0.0249 e. The Labute approximate surface area is 191 Å². The van der Waals surface area contributed by atoms with Gasteiger partial charge >= 0.3 is 0 Å². The minimum Gasteiger partial charge on any atom is -0.0654 e. The Balaban J connectivity index is 1.40. The standard InChI is InChI=1S/C31H42/c1-3-5-7-9-27-12-16-29(17-13-27)19-21-31-24-22-30(23-25-31)20-18-28-14-10-26(11-15-28)8-6-4-2/h10-11,14-15,22-25,27,29H,3-9,12-13,16-17,19,21H2,1-2H3/t27-,29-. The molecule has 0 heteroatoms. The monoisotopic (exact) mass is 414 g/mol. The minimum atomic E-state index is 0.946. The summed E-state index contributed by atoms with van der Waals surface area (Å²) in [5.41, 5.74) is 5.11. The summed E-state index contributed by atoms with van der Waals surface area (Å²) in [5.74, 6) is 8.62. The van der Waals surface area contributed by atoms with Crippen LogP contribution in [-0.4, -0.2) is 0 Å². The molecule has 0 amide bonds. The van der Waals surface area contributed by atoms with Crippen molar-refractivity contribution in [3.63, 3.8) is 0 Å². The number of benzene rings is 2. The van der Waals surface area contributed by atoms with Crippen LogP contribution >= 0.6 is 0 Å². The van der Waals surface area contributed by atoms with Crippen molar-refractivity contribution in [2.45, 2.75) is 97.3 Å². The molecule has 31 heavy (non-hydrogen) atoms. The molecule has 3 rings (SSSR count). The molecule has 0 aromatic heterocycles. The van der Waals surface area contributed by atoms with E-state index < -0.39 is 0 Å². The molecular weight excluding hydrogens is 372 g/mol. The summed E-state index contributed by atoms with van der Waals surface area (Å²) in [4.78, 5) is 0. The molecule has 0 bridgehead atoms. The highest BCUT2D eigenvalue weighted by Crippen LogP contribution is 2.34. The fraction of sp³-hybridized carbons (Fsp3) is 0.548. The summed E-state index contributed by atoms with van der Waals surface area (Å²) in [7, 11) is 0. The lowest BCUT2D eigenvalue weighted by molar-refractivity contribution is 0.249. The van der Waals surface area contributed by atoms with Crippen molar-refractivity contribution in [2.24, 2.45) is 11.8 Å². The quantitative estimate of drug-likeness (QED) is 0.269. The van der Waals surface area contributed by atoms with Crippen LogP contribution < -0.4 is 0 Å². The summed E-state index contributed by atoms with van der Waals surface area (Å²) in [6.07, 6.45) is 17.8. The maximum absolute atomic E-state index is 3.33. The largest absolute Gasteiger partial charge is 0.0654 e. The van der Waals surface area contributed by atoms with Crippen LogP contribution in [0.3, 0.4) is 0 Å². The van der Waals surface area contributed by atoms with Crippen LogP contribution in [0.25, 0.3) is 0 Å². The van der Waals surface area contributed by atoms with Gasteiger partial charge in [0.25, 0.3) is 0 Å². The number of unbranched alkanes of at least 4 members (excludes halogenated alkanes) is 3. The van der Waals surface area contributed by atoms with Gasteiger partial charge < -0.3 is 0 Å². The predicted octanol–water partition coefficient (Wildman–Crippen LogP) is 8.75. The van der Waals surface area contributed by atoms with E-state index in [1.54, 1.807) is 0 Å². The molecule has 2 aromatic rings. The molecule has 1 fully saturated rings. The van der Waals surface area contributed by atoms with E-state index in [1.807, 2.05) is 0 Å². The minimum absolute atomic E-state index is 0.946. The molecule has 0 unspecified atom stereocenters. The Bertz CT molecular complexity index is 792. The van der Waals surface area contributed by atoms with E-state index in [-0.39, 0.29) is 0 Å². The summed E-state index contributed by atoms with van der Waals surface area (Å²) in [5, 5.41) is 0. The molecular formula is C31H42. The normalized spacial score (nSPS) is 18.4. The van der Waals surface area contributed by atoms with Crippen LogP contribution in [0.5, 0.6) is 0 Å². The van der Waals surface area contributed by atoms with Crippen LogP contribution in [0.1, 0.15) is 107 Å². The van der Waals surface area contributed by atoms with E-state index in [9.17, 15) is 0 Å². The van der Waals surface area contributed by atoms with Gasteiger partial charge in [-0.25, -0.2) is 0 Å². The molecule has 0 atom stereocenters. The first-order valence-corrected chi connectivity index (χ1v) is 13.0. The molecule has 1 saturated carbocycles. The van der Waals surface area contributed by atoms with E-state index in [2.05, 4.69) is 74.2 Å². The second-order valence-corrected chi connectivity index (χ2v) is 9.67. The lowest BCUT2D eigenvalue weighted by Crippen LogP contribution is -2.15. The zero-order chi connectivity index (χ0) is 21.7. The average molecular weight is 415 g/mol. The summed E-state index contributed by atoms with van der Waals surface area (Å²) in [6.45, 7) is 4.55. The summed E-state index contributed by atoms with van der Waals surface area (Å²) in [6, 6.07) is 17.7. The van der Waals surface area contributed by atoms with Crippen LogP contribution in [0.15, 0.2) is 48.5 Å². The lowest BCUT2D eigenvalue weighted by Gasteiger charge is -2.28. The Morgan fingerprint density at radius 1 is 0.581 bits per heavy atom. The van der Waals surface area contributed by atoms with Gasteiger partial charge in [0.1, 0.15) is 0 Å². The Hall–Kier alpha value is -2.00. The van der Waals surface area contributed by atoms with Gasteiger partial charge in [-0.05, 0) is 72.9 Å². The van der Waals surface area contributed by atoms with Crippen molar-refractivity contribution in [1.82, 2.24) is 0 Å². The number of hydrogen-bond donors (Lipinski definition) is 0. The molecule has 1 aliphatic rings. The molecule has 2 aromatic carbocycles. The highest BCUT2D eigenvalue weighted by atomic mass is 14.3. The number of aryl methyl sites for hydroxylation is 2. The molecule has 0 radical (unpaired) electrons. The first-order chi connectivity index (χ1) is 15.3. The third-order valence-corrected chi connectivity index (χ3v) is 7.10. The zero-order valence-corrected chi connectivity index (χ0v) is 20.0. The number of hydrogen-bond acceptors (Lipinski definition) is 0. The molecule has 0 N–H and O–H groups in total. The molecule has 1 aliphatic carbocycles. The lowest BCUT2D eigenvalue weighted by atomic mass is 9.78. The van der Waals surface area contributed by atoms with Crippen molar-refractivity contribution < 1.29 is 0 Å². The highest BCUT2D eigenvalue weighted by molar-refractivity contribution is 5.44. The first kappa shape index (κ1) is 23.7. The van der Waals surface area contributed by atoms with Crippen LogP contribution in [0, 0.1) is 23.7 Å². The Morgan fingerprint density at radius 3 is 1.58 bits per heavy atom. The van der Waals surface area contributed by atoms with E-state index >= 15 is 0 Å². The predicted molar refractivity (Wildman–Crippen MR) is 135 cm³/mol. The topological polar surface area (TPSA) is 0 Å². The summed E-state index contributed by atoms with van der Waals surface area (Å²) >= 11 is 0. The first-order valence-electron chi connectivity index (χ1n) is 13.0. The second-order valence-electron chi connectivity index (χ2n) is 9.67. The highest BCUT2D eigenvalue weighted by Gasteiger charge is 2.20. The zero-order valence-electron chi connectivity index (χ0n) is 20.0. The average Bonchev–Trinajstić information content (AvgIpc) is 2.82. The van der Waals surface area contributed by atoms with Gasteiger partial charge in [-0.1, -0.05) is 108 Å². The SMILES string of the molecule is CCCCC[C@H]1CC[C@H](CCc2ccc(C#Cc3ccc(CCCC)cc3)cc2)CC1. The van der Waals surface area contributed by atoms with Crippen LogP contribution in [0.2, 0.25) is 0 Å². The van der Waals surface area contributed by atoms with Crippen LogP contribution in [0.4, 0.5) is 0 Å². The maximum atomic E-state index is 3.33. The molecule has 0 saturated heterocycles. The van der Waals surface area contributed by atoms with E-state index in [1.165, 1.54) is 94.6 Å². The van der Waals surface area contributed by atoms with E-state index in [0.717, 1.165) is 23.0 Å². The third-order valence-electron chi connectivity index (χ3n) is 7.10. The van der Waals surface area contributed by atoms with Gasteiger partial charge in [0.05, 0.1) is 0 Å². The second kappa shape index (κ2) is 13.4. The fourth-order valence-corrected chi connectivity index (χ4v) is 4.90. The third kappa shape index (κ3) is 8.57. The Kier molecular flexibility index (Phi) is 10.2. The van der Waals surface area contributed by atoms with Crippen molar-refractivity contribution in [3.8, 4) is 11.8 Å². The van der Waals surface area contributed by atoms with Gasteiger partial charge in [0.15, 0.2) is 0 Å². The maximum Gasteiger partial charge on any atom is 0.0249 e. The fourth-order valence-electron chi connectivity index (χ4n) is 4.90. The van der Waals surface area contributed by atoms with E-state index in [0.29, 0.717) is 0 Å². The van der Waals surface area contributed by atoms with Crippen molar-refractivity contribution >= 4 is 0 Å². The molecule has 166 valence electrons. The van der Waals surface area contributed by atoms with Crippen molar-refractivity contribution in [2.75, 3.05) is 0 Å². The van der Waals surface area contributed by atoms with Crippen molar-refractivity contribution in [1.29, 1.82) is 0 Å². The molecule has 0 spiro atoms. The van der Waals surface area contributed by atoms with Gasteiger partial charge in [-0.15, -0.1) is 0 Å². The van der Waals surface area contributed by atoms with Crippen molar-refractivity contribution in [3.05, 3.63) is 70.8 Å². The van der Waals surface area contributed by atoms with Crippen LogP contribution in [-0.2, 0) is 12.8 Å². The van der Waals surface area contributed by atoms with Gasteiger partial charge in [-0.3, -0.25) is 0 Å².